The van der Waals surface area contributed by atoms with Gasteiger partial charge in [-0.2, -0.15) is 0 Å². The number of aromatic nitrogens is 1. The van der Waals surface area contributed by atoms with Crippen LogP contribution in [0.15, 0.2) is 24.3 Å². The Morgan fingerprint density at radius 3 is 2.88 bits per heavy atom. The molecule has 1 N–H and O–H groups in total. The van der Waals surface area contributed by atoms with E-state index >= 15 is 0 Å². The highest BCUT2D eigenvalue weighted by Gasteiger charge is 2.31. The molecule has 0 aliphatic heterocycles. The number of fused-ring (bicyclic) bond motifs is 3. The lowest BCUT2D eigenvalue weighted by Gasteiger charge is -2.04. The van der Waals surface area contributed by atoms with Crippen LogP contribution in [0.1, 0.15) is 11.3 Å². The molecule has 0 spiro atoms. The molecule has 82 valence electrons. The van der Waals surface area contributed by atoms with Crippen LogP contribution in [0, 0.1) is 5.92 Å². The molecule has 1 aliphatic rings. The molecule has 0 saturated carbocycles. The number of para-hydroxylation sites is 1. The summed E-state index contributed by atoms with van der Waals surface area (Å²) in [5.41, 5.74) is 3.62. The van der Waals surface area contributed by atoms with Crippen molar-refractivity contribution in [2.45, 2.75) is 12.8 Å². The highest BCUT2D eigenvalue weighted by Crippen LogP contribution is 2.34. The Morgan fingerprint density at radius 1 is 1.38 bits per heavy atom. The lowest BCUT2D eigenvalue weighted by molar-refractivity contribution is -0.141. The van der Waals surface area contributed by atoms with E-state index in [0.717, 1.165) is 0 Å². The largest absolute Gasteiger partial charge is 0.481 e. The molecule has 0 amide bonds. The van der Waals surface area contributed by atoms with Gasteiger partial charge in [0.25, 0.3) is 0 Å². The fourth-order valence-electron chi connectivity index (χ4n) is 2.74. The number of hydrogen-bond acceptors (Lipinski definition) is 1. The van der Waals surface area contributed by atoms with Crippen LogP contribution in [-0.2, 0) is 24.7 Å². The maximum absolute atomic E-state index is 11.0. The molecule has 0 unspecified atom stereocenters. The number of benzene rings is 1. The molecule has 3 nitrogen and oxygen atoms in total. The quantitative estimate of drug-likeness (QED) is 0.790. The molecule has 0 radical (unpaired) electrons. The predicted molar refractivity (Wildman–Crippen MR) is 61.5 cm³/mol. The SMILES string of the molecule is Cn1c2c(c3ccccc31)C[C@@H](C(=O)O)C2. The van der Waals surface area contributed by atoms with Gasteiger partial charge in [-0.05, 0) is 18.1 Å². The third-order valence-corrected chi connectivity index (χ3v) is 3.58. The molecule has 1 aliphatic carbocycles. The lowest BCUT2D eigenvalue weighted by atomic mass is 10.1. The van der Waals surface area contributed by atoms with Gasteiger partial charge in [-0.1, -0.05) is 18.2 Å². The number of rotatable bonds is 1. The van der Waals surface area contributed by atoms with Gasteiger partial charge in [0.2, 0.25) is 0 Å². The van der Waals surface area contributed by atoms with E-state index in [1.165, 1.54) is 22.2 Å². The molecule has 1 aromatic heterocycles. The molecule has 1 aromatic carbocycles. The Balaban J connectivity index is 2.20. The number of carbonyl (C=O) groups is 1. The fourth-order valence-corrected chi connectivity index (χ4v) is 2.74. The summed E-state index contributed by atoms with van der Waals surface area (Å²) in [5, 5.41) is 10.3. The van der Waals surface area contributed by atoms with E-state index in [-0.39, 0.29) is 5.92 Å². The molecule has 3 heteroatoms. The van der Waals surface area contributed by atoms with Crippen molar-refractivity contribution in [1.29, 1.82) is 0 Å². The van der Waals surface area contributed by atoms with Crippen LogP contribution >= 0.6 is 0 Å². The average Bonchev–Trinajstić information content (AvgIpc) is 2.81. The summed E-state index contributed by atoms with van der Waals surface area (Å²) in [6, 6.07) is 8.20. The average molecular weight is 215 g/mol. The summed E-state index contributed by atoms with van der Waals surface area (Å²) in [6.07, 6.45) is 1.34. The Labute approximate surface area is 93.3 Å². The number of carboxylic acids is 1. The number of hydrogen-bond donors (Lipinski definition) is 1. The zero-order chi connectivity index (χ0) is 11.3. The molecular weight excluding hydrogens is 202 g/mol. The van der Waals surface area contributed by atoms with Gasteiger partial charge in [-0.3, -0.25) is 4.79 Å². The first kappa shape index (κ1) is 9.46. The van der Waals surface area contributed by atoms with Crippen LogP contribution < -0.4 is 0 Å². The third kappa shape index (κ3) is 1.11. The molecule has 1 heterocycles. The van der Waals surface area contributed by atoms with E-state index in [9.17, 15) is 4.79 Å². The Bertz CT molecular complexity index is 583. The number of aryl methyl sites for hydroxylation is 1. The monoisotopic (exact) mass is 215 g/mol. The maximum Gasteiger partial charge on any atom is 0.307 e. The summed E-state index contributed by atoms with van der Waals surface area (Å²) >= 11 is 0. The standard InChI is InChI=1S/C13H13NO2/c1-14-11-5-3-2-4-9(11)10-6-8(13(15)16)7-12(10)14/h2-5,8H,6-7H2,1H3,(H,15,16)/t8-/m1/s1. The van der Waals surface area contributed by atoms with E-state index in [4.69, 9.17) is 5.11 Å². The van der Waals surface area contributed by atoms with Crippen LogP contribution in [0.4, 0.5) is 0 Å². The van der Waals surface area contributed by atoms with Gasteiger partial charge in [0, 0.05) is 30.1 Å². The van der Waals surface area contributed by atoms with Gasteiger partial charge in [-0.15, -0.1) is 0 Å². The molecule has 0 saturated heterocycles. The van der Waals surface area contributed by atoms with Crippen molar-refractivity contribution in [3.05, 3.63) is 35.5 Å². The van der Waals surface area contributed by atoms with Gasteiger partial charge < -0.3 is 9.67 Å². The molecule has 16 heavy (non-hydrogen) atoms. The Hall–Kier alpha value is -1.77. The van der Waals surface area contributed by atoms with E-state index in [0.29, 0.717) is 12.8 Å². The lowest BCUT2D eigenvalue weighted by Crippen LogP contribution is -2.14. The molecule has 2 aromatic rings. The first-order chi connectivity index (χ1) is 7.68. The second-order valence-electron chi connectivity index (χ2n) is 4.44. The van der Waals surface area contributed by atoms with Gasteiger partial charge in [0.05, 0.1) is 5.92 Å². The van der Waals surface area contributed by atoms with E-state index in [1.54, 1.807) is 0 Å². The van der Waals surface area contributed by atoms with Crippen molar-refractivity contribution in [3.8, 4) is 0 Å². The van der Waals surface area contributed by atoms with Gasteiger partial charge in [-0.25, -0.2) is 0 Å². The zero-order valence-electron chi connectivity index (χ0n) is 9.10. The van der Waals surface area contributed by atoms with E-state index in [1.807, 2.05) is 19.2 Å². The summed E-state index contributed by atoms with van der Waals surface area (Å²) in [7, 11) is 2.02. The molecule has 0 fully saturated rings. The predicted octanol–water partition coefficient (Wildman–Crippen LogP) is 1.98. The second kappa shape index (κ2) is 3.11. The molecule has 0 bridgehead atoms. The number of nitrogens with zero attached hydrogens (tertiary/aromatic N) is 1. The van der Waals surface area contributed by atoms with Gasteiger partial charge in [0.1, 0.15) is 0 Å². The first-order valence-corrected chi connectivity index (χ1v) is 5.46. The van der Waals surface area contributed by atoms with Crippen LogP contribution in [0.5, 0.6) is 0 Å². The Morgan fingerprint density at radius 2 is 2.12 bits per heavy atom. The van der Waals surface area contributed by atoms with Crippen molar-refractivity contribution in [1.82, 2.24) is 4.57 Å². The number of carboxylic acid groups (broad SMARTS) is 1. The van der Waals surface area contributed by atoms with Crippen LogP contribution in [0.3, 0.4) is 0 Å². The Kier molecular flexibility index (Phi) is 1.84. The fraction of sp³-hybridized carbons (Fsp3) is 0.308. The van der Waals surface area contributed by atoms with Crippen molar-refractivity contribution < 1.29 is 9.90 Å². The molecule has 3 rings (SSSR count). The minimum absolute atomic E-state index is 0.235. The van der Waals surface area contributed by atoms with Gasteiger partial charge in [0.15, 0.2) is 0 Å². The summed E-state index contributed by atoms with van der Waals surface area (Å²) in [6.45, 7) is 0. The van der Waals surface area contributed by atoms with Crippen molar-refractivity contribution in [3.63, 3.8) is 0 Å². The summed E-state index contributed by atoms with van der Waals surface area (Å²) < 4.78 is 2.13. The smallest absolute Gasteiger partial charge is 0.307 e. The van der Waals surface area contributed by atoms with Crippen molar-refractivity contribution >= 4 is 16.9 Å². The van der Waals surface area contributed by atoms with E-state index in [2.05, 4.69) is 16.7 Å². The normalized spacial score (nSPS) is 18.9. The highest BCUT2D eigenvalue weighted by molar-refractivity contribution is 5.87. The van der Waals surface area contributed by atoms with Crippen LogP contribution in [0.25, 0.3) is 10.9 Å². The minimum atomic E-state index is -0.680. The molecular formula is C13H13NO2. The van der Waals surface area contributed by atoms with Crippen LogP contribution in [-0.4, -0.2) is 15.6 Å². The highest BCUT2D eigenvalue weighted by atomic mass is 16.4. The summed E-state index contributed by atoms with van der Waals surface area (Å²) in [5.74, 6) is -0.916. The first-order valence-electron chi connectivity index (χ1n) is 5.46. The topological polar surface area (TPSA) is 42.2 Å². The van der Waals surface area contributed by atoms with E-state index < -0.39 is 5.97 Å². The summed E-state index contributed by atoms with van der Waals surface area (Å²) in [4.78, 5) is 11.0. The molecule has 1 atom stereocenters. The third-order valence-electron chi connectivity index (χ3n) is 3.58. The zero-order valence-corrected chi connectivity index (χ0v) is 9.10. The van der Waals surface area contributed by atoms with Crippen LogP contribution in [0.2, 0.25) is 0 Å². The second-order valence-corrected chi connectivity index (χ2v) is 4.44. The van der Waals surface area contributed by atoms with Crippen molar-refractivity contribution in [2.75, 3.05) is 0 Å². The number of aliphatic carboxylic acids is 1. The minimum Gasteiger partial charge on any atom is -0.481 e. The van der Waals surface area contributed by atoms with Crippen molar-refractivity contribution in [2.24, 2.45) is 13.0 Å². The maximum atomic E-state index is 11.0. The van der Waals surface area contributed by atoms with Gasteiger partial charge >= 0.3 is 5.97 Å².